The van der Waals surface area contributed by atoms with Crippen molar-refractivity contribution in [2.45, 2.75) is 19.6 Å². The van der Waals surface area contributed by atoms with Gasteiger partial charge >= 0.3 is 5.97 Å². The van der Waals surface area contributed by atoms with Crippen LogP contribution < -0.4 is 4.50 Å². The average molecular weight is 200 g/mol. The molecule has 0 unspecified atom stereocenters. The highest BCUT2D eigenvalue weighted by atomic mass is 32.1. The largest absolute Gasteiger partial charge is 0.478 e. The van der Waals surface area contributed by atoms with Crippen LogP contribution in [0.15, 0.2) is 11.4 Å². The van der Waals surface area contributed by atoms with E-state index in [4.69, 9.17) is 5.11 Å². The summed E-state index contributed by atoms with van der Waals surface area (Å²) in [5.41, 5.74) is 0.428. The van der Waals surface area contributed by atoms with Crippen LogP contribution in [0.2, 0.25) is 19.6 Å². The van der Waals surface area contributed by atoms with Crippen LogP contribution in [-0.4, -0.2) is 19.1 Å². The van der Waals surface area contributed by atoms with Gasteiger partial charge in [-0.25, -0.2) is 4.79 Å². The summed E-state index contributed by atoms with van der Waals surface area (Å²) in [4.78, 5) is 10.6. The van der Waals surface area contributed by atoms with Crippen LogP contribution in [-0.2, 0) is 0 Å². The molecule has 1 heterocycles. The molecule has 0 aromatic carbocycles. The maximum absolute atomic E-state index is 10.6. The van der Waals surface area contributed by atoms with Crippen LogP contribution in [0.5, 0.6) is 0 Å². The highest BCUT2D eigenvalue weighted by Gasteiger charge is 2.19. The van der Waals surface area contributed by atoms with Crippen molar-refractivity contribution in [3.05, 3.63) is 17.0 Å². The predicted molar refractivity (Wildman–Crippen MR) is 54.3 cm³/mol. The number of hydrogen-bond donors (Lipinski definition) is 1. The fraction of sp³-hybridized carbons (Fsp3) is 0.375. The summed E-state index contributed by atoms with van der Waals surface area (Å²) in [6.45, 7) is 6.64. The van der Waals surface area contributed by atoms with Crippen LogP contribution in [0.25, 0.3) is 0 Å². The zero-order chi connectivity index (χ0) is 9.35. The van der Waals surface area contributed by atoms with E-state index in [9.17, 15) is 4.79 Å². The summed E-state index contributed by atoms with van der Waals surface area (Å²) >= 11 is 1.57. The Morgan fingerprint density at radius 1 is 1.50 bits per heavy atom. The number of thiophene rings is 1. The van der Waals surface area contributed by atoms with Crippen LogP contribution in [0.1, 0.15) is 10.4 Å². The minimum absolute atomic E-state index is 0.428. The first-order valence-electron chi connectivity index (χ1n) is 3.73. The molecule has 0 aliphatic carbocycles. The van der Waals surface area contributed by atoms with E-state index in [0.29, 0.717) is 5.56 Å². The topological polar surface area (TPSA) is 37.3 Å². The van der Waals surface area contributed by atoms with Gasteiger partial charge in [-0.3, -0.25) is 0 Å². The molecule has 0 aliphatic rings. The molecule has 0 radical (unpaired) electrons. The summed E-state index contributed by atoms with van der Waals surface area (Å²) in [7, 11) is -1.30. The molecule has 0 spiro atoms. The van der Waals surface area contributed by atoms with Gasteiger partial charge in [0.25, 0.3) is 0 Å². The molecule has 12 heavy (non-hydrogen) atoms. The molecule has 66 valence electrons. The van der Waals surface area contributed by atoms with E-state index in [0.717, 1.165) is 0 Å². The maximum Gasteiger partial charge on any atom is 0.336 e. The van der Waals surface area contributed by atoms with Crippen molar-refractivity contribution in [3.8, 4) is 0 Å². The van der Waals surface area contributed by atoms with Gasteiger partial charge in [-0.2, -0.15) is 11.3 Å². The second-order valence-electron chi connectivity index (χ2n) is 3.75. The molecule has 0 bridgehead atoms. The van der Waals surface area contributed by atoms with Crippen molar-refractivity contribution in [1.82, 2.24) is 0 Å². The first kappa shape index (κ1) is 9.47. The Morgan fingerprint density at radius 3 is 2.33 bits per heavy atom. The third-order valence-corrected chi connectivity index (χ3v) is 6.14. The molecular weight excluding hydrogens is 188 g/mol. The van der Waals surface area contributed by atoms with Gasteiger partial charge < -0.3 is 5.11 Å². The lowest BCUT2D eigenvalue weighted by molar-refractivity contribution is 0.0697. The van der Waals surface area contributed by atoms with Gasteiger partial charge in [-0.1, -0.05) is 19.6 Å². The molecule has 1 N–H and O–H groups in total. The standard InChI is InChI=1S/C8H12O2SSi/c1-12(2,3)7-4-6(5-11-7)8(9)10/h4-5H,1-3H3,(H,9,10). The summed E-state index contributed by atoms with van der Waals surface area (Å²) in [6.07, 6.45) is 0. The summed E-state index contributed by atoms with van der Waals surface area (Å²) < 4.78 is 1.25. The molecule has 0 saturated carbocycles. The number of carbonyl (C=O) groups is 1. The Hall–Kier alpha value is -0.613. The van der Waals surface area contributed by atoms with Gasteiger partial charge in [0.2, 0.25) is 0 Å². The van der Waals surface area contributed by atoms with Crippen molar-refractivity contribution < 1.29 is 9.90 Å². The number of carboxylic acid groups (broad SMARTS) is 1. The number of aromatic carboxylic acids is 1. The SMILES string of the molecule is C[Si](C)(C)c1cc(C(=O)O)cs1. The van der Waals surface area contributed by atoms with Gasteiger partial charge in [0.15, 0.2) is 0 Å². The van der Waals surface area contributed by atoms with Crippen LogP contribution in [0, 0.1) is 0 Å². The van der Waals surface area contributed by atoms with Gasteiger partial charge in [0.05, 0.1) is 13.6 Å². The second-order valence-corrected chi connectivity index (χ2v) is 10.1. The number of hydrogen-bond acceptors (Lipinski definition) is 2. The fourth-order valence-electron chi connectivity index (χ4n) is 0.842. The Bertz CT molecular complexity index is 298. The Morgan fingerprint density at radius 2 is 2.08 bits per heavy atom. The molecule has 2 nitrogen and oxygen atoms in total. The normalized spacial score (nSPS) is 11.6. The maximum atomic E-state index is 10.6. The minimum Gasteiger partial charge on any atom is -0.478 e. The van der Waals surface area contributed by atoms with E-state index in [-0.39, 0.29) is 0 Å². The molecule has 1 rings (SSSR count). The van der Waals surface area contributed by atoms with Crippen molar-refractivity contribution >= 4 is 29.9 Å². The monoisotopic (exact) mass is 200 g/mol. The van der Waals surface area contributed by atoms with Gasteiger partial charge in [-0.05, 0) is 10.6 Å². The smallest absolute Gasteiger partial charge is 0.336 e. The summed E-state index contributed by atoms with van der Waals surface area (Å²) in [6, 6.07) is 1.80. The van der Waals surface area contributed by atoms with Crippen LogP contribution >= 0.6 is 11.3 Å². The van der Waals surface area contributed by atoms with E-state index in [1.807, 2.05) is 0 Å². The van der Waals surface area contributed by atoms with Crippen molar-refractivity contribution in [2.75, 3.05) is 0 Å². The molecule has 0 aliphatic heterocycles. The minimum atomic E-state index is -1.30. The lowest BCUT2D eigenvalue weighted by atomic mass is 10.4. The highest BCUT2D eigenvalue weighted by Crippen LogP contribution is 2.11. The van der Waals surface area contributed by atoms with Crippen LogP contribution in [0.3, 0.4) is 0 Å². The molecule has 0 atom stereocenters. The van der Waals surface area contributed by atoms with Gasteiger partial charge in [-0.15, -0.1) is 0 Å². The van der Waals surface area contributed by atoms with E-state index >= 15 is 0 Å². The Balaban J connectivity index is 3.00. The molecular formula is C8H12O2SSi. The molecule has 1 aromatic heterocycles. The number of carboxylic acids is 1. The first-order valence-corrected chi connectivity index (χ1v) is 8.11. The third-order valence-electron chi connectivity index (χ3n) is 1.59. The summed E-state index contributed by atoms with van der Waals surface area (Å²) in [5, 5.41) is 10.4. The Labute approximate surface area is 76.9 Å². The molecule has 1 aromatic rings. The average Bonchev–Trinajstić information content (AvgIpc) is 2.30. The lowest BCUT2D eigenvalue weighted by Gasteiger charge is -2.11. The predicted octanol–water partition coefficient (Wildman–Crippen LogP) is 1.99. The van der Waals surface area contributed by atoms with Crippen molar-refractivity contribution in [2.24, 2.45) is 0 Å². The van der Waals surface area contributed by atoms with Gasteiger partial charge in [0, 0.05) is 5.38 Å². The molecule has 4 heteroatoms. The third kappa shape index (κ3) is 1.95. The van der Waals surface area contributed by atoms with Crippen molar-refractivity contribution in [1.29, 1.82) is 0 Å². The Kier molecular flexibility index (Phi) is 2.39. The van der Waals surface area contributed by atoms with Crippen molar-refractivity contribution in [3.63, 3.8) is 0 Å². The first-order chi connectivity index (χ1) is 5.41. The van der Waals surface area contributed by atoms with Crippen LogP contribution in [0.4, 0.5) is 0 Å². The second kappa shape index (κ2) is 3.03. The zero-order valence-corrected chi connectivity index (χ0v) is 9.23. The van der Waals surface area contributed by atoms with E-state index in [1.54, 1.807) is 22.8 Å². The molecule has 0 amide bonds. The quantitative estimate of drug-likeness (QED) is 0.741. The number of rotatable bonds is 2. The van der Waals surface area contributed by atoms with E-state index in [1.165, 1.54) is 4.50 Å². The fourth-order valence-corrected chi connectivity index (χ4v) is 3.64. The summed E-state index contributed by atoms with van der Waals surface area (Å²) in [5.74, 6) is -0.823. The van der Waals surface area contributed by atoms with E-state index in [2.05, 4.69) is 19.6 Å². The highest BCUT2D eigenvalue weighted by molar-refractivity contribution is 7.25. The van der Waals surface area contributed by atoms with Gasteiger partial charge in [0.1, 0.15) is 0 Å². The zero-order valence-electron chi connectivity index (χ0n) is 7.42. The molecule has 0 fully saturated rings. The molecule has 0 saturated heterocycles. The van der Waals surface area contributed by atoms with E-state index < -0.39 is 14.0 Å². The lowest BCUT2D eigenvalue weighted by Crippen LogP contribution is -2.34.